The molecule has 1 atom stereocenters. The summed E-state index contributed by atoms with van der Waals surface area (Å²) < 4.78 is 5.87. The largest absolute Gasteiger partial charge is 0.487 e. The van der Waals surface area contributed by atoms with Crippen molar-refractivity contribution >= 4 is 0 Å². The van der Waals surface area contributed by atoms with Gasteiger partial charge in [0.15, 0.2) is 0 Å². The van der Waals surface area contributed by atoms with Crippen LogP contribution in [0.15, 0.2) is 18.2 Å². The van der Waals surface area contributed by atoms with Crippen LogP contribution in [0.1, 0.15) is 76.5 Å². The Morgan fingerprint density at radius 1 is 1.20 bits per heavy atom. The molecule has 1 N–H and O–H groups in total. The van der Waals surface area contributed by atoms with Gasteiger partial charge in [0.25, 0.3) is 0 Å². The van der Waals surface area contributed by atoms with E-state index in [9.17, 15) is 5.11 Å². The third kappa shape index (κ3) is 3.99. The average Bonchev–Trinajstić information content (AvgIpc) is 2.70. The first-order valence-electron chi connectivity index (χ1n) is 8.02. The first kappa shape index (κ1) is 15.4. The minimum atomic E-state index is -0.328. The zero-order valence-corrected chi connectivity index (χ0v) is 13.1. The van der Waals surface area contributed by atoms with Crippen molar-refractivity contribution < 1.29 is 9.84 Å². The van der Waals surface area contributed by atoms with Gasteiger partial charge < -0.3 is 9.84 Å². The van der Waals surface area contributed by atoms with Crippen molar-refractivity contribution in [2.24, 2.45) is 0 Å². The minimum Gasteiger partial charge on any atom is -0.487 e. The second-order valence-corrected chi connectivity index (χ2v) is 6.62. The maximum absolute atomic E-state index is 10.3. The van der Waals surface area contributed by atoms with Crippen molar-refractivity contribution in [3.05, 3.63) is 29.3 Å². The fraction of sp³-hybridized carbons (Fsp3) is 0.667. The van der Waals surface area contributed by atoms with Gasteiger partial charge in [-0.3, -0.25) is 0 Å². The highest BCUT2D eigenvalue weighted by atomic mass is 16.5. The van der Waals surface area contributed by atoms with Crippen molar-refractivity contribution in [2.75, 3.05) is 0 Å². The van der Waals surface area contributed by atoms with E-state index in [4.69, 9.17) is 4.74 Å². The van der Waals surface area contributed by atoms with Gasteiger partial charge in [0, 0.05) is 6.42 Å². The Hall–Kier alpha value is -1.02. The molecular weight excluding hydrogens is 248 g/mol. The van der Waals surface area contributed by atoms with E-state index in [1.54, 1.807) is 0 Å². The molecule has 1 heterocycles. The Morgan fingerprint density at radius 2 is 1.95 bits per heavy atom. The van der Waals surface area contributed by atoms with Crippen LogP contribution in [0.2, 0.25) is 0 Å². The van der Waals surface area contributed by atoms with Crippen LogP contribution >= 0.6 is 0 Å². The van der Waals surface area contributed by atoms with Crippen LogP contribution in [-0.2, 0) is 6.42 Å². The standard InChI is InChI=1S/C18H28O2/c1-4-5-6-7-8-9-16(19)14-10-11-17-15(12-14)13-18(2,3)20-17/h10-12,16,19H,4-9,13H2,1-3H3. The third-order valence-corrected chi connectivity index (χ3v) is 4.05. The lowest BCUT2D eigenvalue weighted by molar-refractivity contribution is 0.138. The number of fused-ring (bicyclic) bond motifs is 1. The second kappa shape index (κ2) is 6.62. The monoisotopic (exact) mass is 276 g/mol. The number of unbranched alkanes of at least 4 members (excludes halogenated alkanes) is 4. The summed E-state index contributed by atoms with van der Waals surface area (Å²) >= 11 is 0. The molecule has 2 heteroatoms. The normalized spacial score (nSPS) is 17.6. The van der Waals surface area contributed by atoms with E-state index in [0.29, 0.717) is 0 Å². The quantitative estimate of drug-likeness (QED) is 0.725. The summed E-state index contributed by atoms with van der Waals surface area (Å²) in [6, 6.07) is 6.15. The van der Waals surface area contributed by atoms with E-state index >= 15 is 0 Å². The summed E-state index contributed by atoms with van der Waals surface area (Å²) in [5.74, 6) is 0.980. The van der Waals surface area contributed by atoms with Gasteiger partial charge in [-0.2, -0.15) is 0 Å². The molecule has 0 aromatic heterocycles. The molecule has 20 heavy (non-hydrogen) atoms. The molecule has 0 aliphatic carbocycles. The molecule has 2 rings (SSSR count). The van der Waals surface area contributed by atoms with E-state index in [2.05, 4.69) is 26.8 Å². The number of ether oxygens (including phenoxy) is 1. The summed E-state index contributed by atoms with van der Waals surface area (Å²) in [5.41, 5.74) is 2.17. The lowest BCUT2D eigenvalue weighted by Gasteiger charge is -2.16. The molecule has 112 valence electrons. The van der Waals surface area contributed by atoms with Gasteiger partial charge >= 0.3 is 0 Å². The molecular formula is C18H28O2. The molecule has 1 unspecified atom stereocenters. The van der Waals surface area contributed by atoms with Gasteiger partial charge in [0.2, 0.25) is 0 Å². The molecule has 0 spiro atoms. The maximum Gasteiger partial charge on any atom is 0.123 e. The zero-order valence-electron chi connectivity index (χ0n) is 13.1. The number of aliphatic hydroxyl groups excluding tert-OH is 1. The van der Waals surface area contributed by atoms with E-state index < -0.39 is 0 Å². The van der Waals surface area contributed by atoms with E-state index in [1.807, 2.05) is 12.1 Å². The summed E-state index contributed by atoms with van der Waals surface area (Å²) in [5, 5.41) is 10.3. The highest BCUT2D eigenvalue weighted by molar-refractivity contribution is 5.42. The van der Waals surface area contributed by atoms with Gasteiger partial charge in [-0.15, -0.1) is 0 Å². The fourth-order valence-electron chi connectivity index (χ4n) is 2.94. The predicted octanol–water partition coefficient (Wildman–Crippen LogP) is 4.79. The van der Waals surface area contributed by atoms with E-state index in [-0.39, 0.29) is 11.7 Å². The van der Waals surface area contributed by atoms with Crippen LogP contribution in [0.5, 0.6) is 5.75 Å². The Morgan fingerprint density at radius 3 is 2.70 bits per heavy atom. The number of hydrogen-bond donors (Lipinski definition) is 1. The number of hydrogen-bond acceptors (Lipinski definition) is 2. The van der Waals surface area contributed by atoms with E-state index in [0.717, 1.165) is 30.6 Å². The smallest absolute Gasteiger partial charge is 0.123 e. The molecule has 0 bridgehead atoms. The molecule has 0 saturated heterocycles. The summed E-state index contributed by atoms with van der Waals surface area (Å²) in [6.45, 7) is 6.44. The predicted molar refractivity (Wildman–Crippen MR) is 83.2 cm³/mol. The van der Waals surface area contributed by atoms with Crippen LogP contribution in [0.4, 0.5) is 0 Å². The highest BCUT2D eigenvalue weighted by Crippen LogP contribution is 2.36. The van der Waals surface area contributed by atoms with Crippen LogP contribution in [0.25, 0.3) is 0 Å². The first-order chi connectivity index (χ1) is 9.52. The Kier molecular flexibility index (Phi) is 5.09. The molecule has 0 fully saturated rings. The molecule has 1 aliphatic rings. The van der Waals surface area contributed by atoms with Crippen LogP contribution in [0, 0.1) is 0 Å². The lowest BCUT2D eigenvalue weighted by Crippen LogP contribution is -2.24. The molecule has 1 aliphatic heterocycles. The van der Waals surface area contributed by atoms with Crippen molar-refractivity contribution in [1.29, 1.82) is 0 Å². The van der Waals surface area contributed by atoms with Gasteiger partial charge in [-0.25, -0.2) is 0 Å². The summed E-state index contributed by atoms with van der Waals surface area (Å²) in [4.78, 5) is 0. The SMILES string of the molecule is CCCCCCCC(O)c1ccc2c(c1)CC(C)(C)O2. The first-order valence-corrected chi connectivity index (χ1v) is 8.02. The topological polar surface area (TPSA) is 29.5 Å². The number of aliphatic hydroxyl groups is 1. The third-order valence-electron chi connectivity index (χ3n) is 4.05. The molecule has 2 nitrogen and oxygen atoms in total. The van der Waals surface area contributed by atoms with Crippen LogP contribution < -0.4 is 4.74 Å². The summed E-state index contributed by atoms with van der Waals surface area (Å²) in [7, 11) is 0. The Balaban J connectivity index is 1.87. The van der Waals surface area contributed by atoms with Gasteiger partial charge in [0.05, 0.1) is 6.10 Å². The van der Waals surface area contributed by atoms with Gasteiger partial charge in [0.1, 0.15) is 11.4 Å². The highest BCUT2D eigenvalue weighted by Gasteiger charge is 2.30. The van der Waals surface area contributed by atoms with Gasteiger partial charge in [-0.05, 0) is 43.5 Å². The Labute approximate surface area is 123 Å². The number of benzene rings is 1. The second-order valence-electron chi connectivity index (χ2n) is 6.62. The maximum atomic E-state index is 10.3. The molecule has 1 aromatic rings. The Bertz CT molecular complexity index is 437. The van der Waals surface area contributed by atoms with Crippen molar-refractivity contribution in [1.82, 2.24) is 0 Å². The molecule has 0 amide bonds. The molecule has 1 aromatic carbocycles. The lowest BCUT2D eigenvalue weighted by atomic mass is 9.97. The average molecular weight is 276 g/mol. The zero-order chi connectivity index (χ0) is 14.6. The molecule has 0 saturated carbocycles. The van der Waals surface area contributed by atoms with Crippen LogP contribution in [0.3, 0.4) is 0 Å². The van der Waals surface area contributed by atoms with Crippen molar-refractivity contribution in [3.8, 4) is 5.75 Å². The van der Waals surface area contributed by atoms with Crippen molar-refractivity contribution in [3.63, 3.8) is 0 Å². The molecule has 0 radical (unpaired) electrons. The number of rotatable bonds is 7. The van der Waals surface area contributed by atoms with Gasteiger partial charge in [-0.1, -0.05) is 45.1 Å². The van der Waals surface area contributed by atoms with Crippen LogP contribution in [-0.4, -0.2) is 10.7 Å². The van der Waals surface area contributed by atoms with E-state index in [1.165, 1.54) is 31.2 Å². The van der Waals surface area contributed by atoms with Crippen molar-refractivity contribution in [2.45, 2.75) is 77.4 Å². The summed E-state index contributed by atoms with van der Waals surface area (Å²) in [6.07, 6.45) is 7.67. The minimum absolute atomic E-state index is 0.105. The fourth-order valence-corrected chi connectivity index (χ4v) is 2.94.